The van der Waals surface area contributed by atoms with Gasteiger partial charge in [-0.1, -0.05) is 6.07 Å². The first kappa shape index (κ1) is 13.6. The van der Waals surface area contributed by atoms with Crippen molar-refractivity contribution in [2.75, 3.05) is 0 Å². The van der Waals surface area contributed by atoms with Crippen LogP contribution in [0.25, 0.3) is 0 Å². The van der Waals surface area contributed by atoms with E-state index in [1.165, 1.54) is 12.1 Å². The molecule has 2 aromatic rings. The van der Waals surface area contributed by atoms with Gasteiger partial charge in [0, 0.05) is 5.69 Å². The molecular formula is C15H12N2O3. The first-order chi connectivity index (χ1) is 9.51. The first-order valence-corrected chi connectivity index (χ1v) is 5.91. The molecule has 0 saturated carbocycles. The van der Waals surface area contributed by atoms with Crippen molar-refractivity contribution in [1.29, 1.82) is 5.26 Å². The lowest BCUT2D eigenvalue weighted by molar-refractivity contribution is 0.0696. The van der Waals surface area contributed by atoms with Gasteiger partial charge in [-0.25, -0.2) is 9.78 Å². The predicted octanol–water partition coefficient (Wildman–Crippen LogP) is 3.06. The number of carbonyl (C=O) groups is 1. The number of rotatable bonds is 3. The number of nitrogens with zero attached hydrogens (tertiary/aromatic N) is 2. The van der Waals surface area contributed by atoms with Gasteiger partial charge >= 0.3 is 5.97 Å². The minimum Gasteiger partial charge on any atom is -0.478 e. The molecule has 5 heteroatoms. The van der Waals surface area contributed by atoms with Gasteiger partial charge in [0.15, 0.2) is 0 Å². The number of aromatic nitrogens is 1. The van der Waals surface area contributed by atoms with E-state index in [0.29, 0.717) is 11.3 Å². The fraction of sp³-hybridized carbons (Fsp3) is 0.133. The molecule has 1 N–H and O–H groups in total. The second-order valence-corrected chi connectivity index (χ2v) is 4.31. The summed E-state index contributed by atoms with van der Waals surface area (Å²) in [5, 5.41) is 18.1. The quantitative estimate of drug-likeness (QED) is 0.924. The van der Waals surface area contributed by atoms with Crippen LogP contribution in [0.1, 0.15) is 27.2 Å². The Morgan fingerprint density at radius 1 is 1.35 bits per heavy atom. The van der Waals surface area contributed by atoms with Gasteiger partial charge in [-0.3, -0.25) is 0 Å². The second kappa shape index (κ2) is 5.41. The molecule has 2 rings (SSSR count). The zero-order chi connectivity index (χ0) is 14.7. The van der Waals surface area contributed by atoms with Gasteiger partial charge in [0.05, 0.1) is 5.56 Å². The number of hydrogen-bond donors (Lipinski definition) is 1. The maximum Gasteiger partial charge on any atom is 0.335 e. The molecule has 0 aliphatic carbocycles. The van der Waals surface area contributed by atoms with E-state index in [0.717, 1.165) is 11.3 Å². The van der Waals surface area contributed by atoms with Crippen LogP contribution >= 0.6 is 0 Å². The molecule has 100 valence electrons. The van der Waals surface area contributed by atoms with E-state index in [1.807, 2.05) is 6.07 Å². The van der Waals surface area contributed by atoms with E-state index in [2.05, 4.69) is 4.98 Å². The van der Waals surface area contributed by atoms with Crippen LogP contribution in [-0.2, 0) is 0 Å². The Hall–Kier alpha value is -2.87. The smallest absolute Gasteiger partial charge is 0.335 e. The van der Waals surface area contributed by atoms with Gasteiger partial charge in [-0.2, -0.15) is 5.26 Å². The number of pyridine rings is 1. The van der Waals surface area contributed by atoms with Crippen molar-refractivity contribution in [2.45, 2.75) is 13.8 Å². The van der Waals surface area contributed by atoms with Crippen LogP contribution in [-0.4, -0.2) is 16.1 Å². The second-order valence-electron chi connectivity index (χ2n) is 4.31. The van der Waals surface area contributed by atoms with Crippen molar-refractivity contribution in [2.24, 2.45) is 0 Å². The Labute approximate surface area is 116 Å². The molecule has 0 bridgehead atoms. The third-order valence-electron chi connectivity index (χ3n) is 2.72. The fourth-order valence-corrected chi connectivity index (χ4v) is 1.82. The number of hydrogen-bond acceptors (Lipinski definition) is 4. The summed E-state index contributed by atoms with van der Waals surface area (Å²) in [5.41, 5.74) is 1.96. The van der Waals surface area contributed by atoms with Crippen LogP contribution in [0.5, 0.6) is 11.6 Å². The molecule has 0 aliphatic heterocycles. The molecule has 20 heavy (non-hydrogen) atoms. The molecule has 1 heterocycles. The van der Waals surface area contributed by atoms with Crippen molar-refractivity contribution in [3.63, 3.8) is 0 Å². The highest BCUT2D eigenvalue weighted by Gasteiger charge is 2.12. The molecule has 0 atom stereocenters. The lowest BCUT2D eigenvalue weighted by Crippen LogP contribution is -1.99. The zero-order valence-electron chi connectivity index (χ0n) is 11.0. The molecule has 5 nitrogen and oxygen atoms in total. The Kier molecular flexibility index (Phi) is 3.67. The maximum atomic E-state index is 10.9. The Bertz CT molecular complexity index is 718. The van der Waals surface area contributed by atoms with E-state index in [-0.39, 0.29) is 11.4 Å². The number of carboxylic acid groups (broad SMARTS) is 1. The van der Waals surface area contributed by atoms with Crippen molar-refractivity contribution >= 4 is 5.97 Å². The largest absolute Gasteiger partial charge is 0.478 e. The zero-order valence-corrected chi connectivity index (χ0v) is 11.0. The maximum absolute atomic E-state index is 10.9. The molecule has 0 fully saturated rings. The van der Waals surface area contributed by atoms with Crippen molar-refractivity contribution in [3.8, 4) is 17.7 Å². The number of carboxylic acids is 1. The summed E-state index contributed by atoms with van der Waals surface area (Å²) in [6.07, 6.45) is 0. The summed E-state index contributed by atoms with van der Waals surface area (Å²) >= 11 is 0. The van der Waals surface area contributed by atoms with E-state index < -0.39 is 5.97 Å². The van der Waals surface area contributed by atoms with E-state index in [1.54, 1.807) is 32.0 Å². The summed E-state index contributed by atoms with van der Waals surface area (Å²) in [7, 11) is 0. The standard InChI is InChI=1S/C15H12N2O3/c1-9-6-10(2)17-14(13(9)8-16)20-12-5-3-4-11(7-12)15(18)19/h3-7H,1-2H3,(H,18,19). The molecule has 0 aliphatic rings. The van der Waals surface area contributed by atoms with Gasteiger partial charge in [0.25, 0.3) is 0 Å². The summed E-state index contributed by atoms with van der Waals surface area (Å²) in [4.78, 5) is 15.1. The lowest BCUT2D eigenvalue weighted by atomic mass is 10.1. The lowest BCUT2D eigenvalue weighted by Gasteiger charge is -2.09. The van der Waals surface area contributed by atoms with Gasteiger partial charge in [-0.05, 0) is 43.7 Å². The Balaban J connectivity index is 2.42. The van der Waals surface area contributed by atoms with Gasteiger partial charge < -0.3 is 9.84 Å². The summed E-state index contributed by atoms with van der Waals surface area (Å²) in [6.45, 7) is 3.60. The SMILES string of the molecule is Cc1cc(C)c(C#N)c(Oc2cccc(C(=O)O)c2)n1. The molecule has 1 aromatic carbocycles. The minimum absolute atomic E-state index is 0.116. The van der Waals surface area contributed by atoms with Crippen LogP contribution in [0.15, 0.2) is 30.3 Å². The minimum atomic E-state index is -1.04. The highest BCUT2D eigenvalue weighted by atomic mass is 16.5. The summed E-state index contributed by atoms with van der Waals surface area (Å²) < 4.78 is 5.56. The molecule has 0 radical (unpaired) electrons. The monoisotopic (exact) mass is 268 g/mol. The third kappa shape index (κ3) is 2.75. The van der Waals surface area contributed by atoms with Crippen molar-refractivity contribution in [1.82, 2.24) is 4.98 Å². The van der Waals surface area contributed by atoms with Crippen LogP contribution in [0.3, 0.4) is 0 Å². The summed E-state index contributed by atoms with van der Waals surface area (Å²) in [6, 6.07) is 9.89. The molecule has 0 amide bonds. The normalized spacial score (nSPS) is 9.85. The topological polar surface area (TPSA) is 83.2 Å². The molecule has 0 saturated heterocycles. The van der Waals surface area contributed by atoms with E-state index in [4.69, 9.17) is 15.1 Å². The molecule has 1 aromatic heterocycles. The van der Waals surface area contributed by atoms with Gasteiger partial charge in [-0.15, -0.1) is 0 Å². The molecule has 0 unspecified atom stereocenters. The average molecular weight is 268 g/mol. The fourth-order valence-electron chi connectivity index (χ4n) is 1.82. The van der Waals surface area contributed by atoms with Crippen LogP contribution < -0.4 is 4.74 Å². The van der Waals surface area contributed by atoms with E-state index >= 15 is 0 Å². The number of nitriles is 1. The van der Waals surface area contributed by atoms with Crippen LogP contribution in [0.4, 0.5) is 0 Å². The number of benzene rings is 1. The number of ether oxygens (including phenoxy) is 1. The van der Waals surface area contributed by atoms with Crippen molar-refractivity contribution in [3.05, 3.63) is 52.7 Å². The first-order valence-electron chi connectivity index (χ1n) is 5.91. The van der Waals surface area contributed by atoms with Gasteiger partial charge in [0.2, 0.25) is 5.88 Å². The third-order valence-corrected chi connectivity index (χ3v) is 2.72. The number of aromatic carboxylic acids is 1. The van der Waals surface area contributed by atoms with E-state index in [9.17, 15) is 4.79 Å². The molecule has 0 spiro atoms. The predicted molar refractivity (Wildman–Crippen MR) is 71.9 cm³/mol. The molecular weight excluding hydrogens is 256 g/mol. The Morgan fingerprint density at radius 2 is 2.10 bits per heavy atom. The Morgan fingerprint density at radius 3 is 2.75 bits per heavy atom. The van der Waals surface area contributed by atoms with Gasteiger partial charge in [0.1, 0.15) is 17.4 Å². The average Bonchev–Trinajstić information content (AvgIpc) is 2.38. The highest BCUT2D eigenvalue weighted by Crippen LogP contribution is 2.26. The van der Waals surface area contributed by atoms with Crippen molar-refractivity contribution < 1.29 is 14.6 Å². The van der Waals surface area contributed by atoms with Crippen LogP contribution in [0.2, 0.25) is 0 Å². The summed E-state index contributed by atoms with van der Waals surface area (Å²) in [5.74, 6) is -0.518. The van der Waals surface area contributed by atoms with Crippen LogP contribution in [0, 0.1) is 25.2 Å². The number of aryl methyl sites for hydroxylation is 2. The highest BCUT2D eigenvalue weighted by molar-refractivity contribution is 5.88.